The first kappa shape index (κ1) is 19.9. The topological polar surface area (TPSA) is 61.8 Å². The average molecular weight is 382 g/mol. The quantitative estimate of drug-likeness (QED) is 0.343. The van der Waals surface area contributed by atoms with Crippen molar-refractivity contribution in [3.8, 4) is 17.2 Å². The molecule has 1 aliphatic rings. The van der Waals surface area contributed by atoms with E-state index in [-0.39, 0.29) is 5.97 Å². The van der Waals surface area contributed by atoms with Gasteiger partial charge in [0.2, 0.25) is 0 Å². The van der Waals surface area contributed by atoms with E-state index in [1.165, 1.54) is 25.7 Å². The molecule has 5 nitrogen and oxygen atoms in total. The molecule has 0 N–H and O–H groups in total. The summed E-state index contributed by atoms with van der Waals surface area (Å²) >= 11 is 0. The molecule has 1 heterocycles. The van der Waals surface area contributed by atoms with Crippen LogP contribution in [0.25, 0.3) is 0 Å². The van der Waals surface area contributed by atoms with Crippen LogP contribution in [-0.2, 0) is 11.2 Å². The van der Waals surface area contributed by atoms with Crippen LogP contribution in [0.3, 0.4) is 0 Å². The van der Waals surface area contributed by atoms with E-state index in [0.29, 0.717) is 36.5 Å². The van der Waals surface area contributed by atoms with Crippen LogP contribution in [0.5, 0.6) is 17.2 Å². The van der Waals surface area contributed by atoms with E-state index in [9.17, 15) is 9.59 Å². The summed E-state index contributed by atoms with van der Waals surface area (Å²) < 4.78 is 16.3. The van der Waals surface area contributed by atoms with Gasteiger partial charge in [-0.05, 0) is 60.9 Å². The lowest BCUT2D eigenvalue weighted by Crippen LogP contribution is -2.16. The van der Waals surface area contributed by atoms with Gasteiger partial charge in [-0.2, -0.15) is 0 Å². The molecule has 2 aromatic rings. The number of carbonyl (C=O) groups excluding carboxylic acids is 2. The van der Waals surface area contributed by atoms with Crippen molar-refractivity contribution in [3.63, 3.8) is 0 Å². The summed E-state index contributed by atoms with van der Waals surface area (Å²) in [6.45, 7) is 2.89. The highest BCUT2D eigenvalue weighted by molar-refractivity contribution is 5.91. The molecular formula is C23H26O5. The summed E-state index contributed by atoms with van der Waals surface area (Å²) in [5.74, 6) is 1.06. The second-order valence-electron chi connectivity index (χ2n) is 6.92. The number of fused-ring (bicyclic) bond motifs is 1. The smallest absolute Gasteiger partial charge is 0.343 e. The van der Waals surface area contributed by atoms with Gasteiger partial charge in [-0.1, -0.05) is 32.6 Å². The van der Waals surface area contributed by atoms with Gasteiger partial charge in [0, 0.05) is 0 Å². The van der Waals surface area contributed by atoms with Crippen LogP contribution in [0.1, 0.15) is 61.4 Å². The van der Waals surface area contributed by atoms with Gasteiger partial charge in [0.25, 0.3) is 0 Å². The van der Waals surface area contributed by atoms with Crippen molar-refractivity contribution in [1.29, 1.82) is 0 Å². The number of hydrogen-bond donors (Lipinski definition) is 0. The second-order valence-corrected chi connectivity index (χ2v) is 6.92. The van der Waals surface area contributed by atoms with Crippen LogP contribution >= 0.6 is 0 Å². The van der Waals surface area contributed by atoms with Crippen molar-refractivity contribution in [3.05, 3.63) is 53.6 Å². The molecular weight excluding hydrogens is 356 g/mol. The highest BCUT2D eigenvalue weighted by atomic mass is 16.5. The van der Waals surface area contributed by atoms with E-state index in [0.717, 1.165) is 17.7 Å². The molecule has 1 aliphatic heterocycles. The van der Waals surface area contributed by atoms with Crippen LogP contribution in [-0.4, -0.2) is 18.5 Å². The molecule has 2 aromatic carbocycles. The highest BCUT2D eigenvalue weighted by Crippen LogP contribution is 2.29. The van der Waals surface area contributed by atoms with E-state index in [4.69, 9.17) is 14.2 Å². The molecule has 0 spiro atoms. The van der Waals surface area contributed by atoms with Crippen LogP contribution in [0.2, 0.25) is 0 Å². The number of benzene rings is 2. The Labute approximate surface area is 165 Å². The first-order valence-corrected chi connectivity index (χ1v) is 9.94. The Morgan fingerprint density at radius 3 is 2.50 bits per heavy atom. The van der Waals surface area contributed by atoms with Crippen molar-refractivity contribution in [1.82, 2.24) is 0 Å². The van der Waals surface area contributed by atoms with Crippen molar-refractivity contribution < 1.29 is 23.8 Å². The molecule has 0 aromatic heterocycles. The normalized spacial score (nSPS) is 12.8. The number of aryl methyl sites for hydroxylation is 1. The minimum absolute atomic E-state index is 0.236. The van der Waals surface area contributed by atoms with Crippen molar-refractivity contribution >= 4 is 11.9 Å². The van der Waals surface area contributed by atoms with E-state index >= 15 is 0 Å². The maximum absolute atomic E-state index is 12.4. The summed E-state index contributed by atoms with van der Waals surface area (Å²) in [4.78, 5) is 23.7. The van der Waals surface area contributed by atoms with Gasteiger partial charge >= 0.3 is 11.9 Å². The summed E-state index contributed by atoms with van der Waals surface area (Å²) in [6.07, 6.45) is 6.89. The van der Waals surface area contributed by atoms with Gasteiger partial charge in [-0.25, -0.2) is 4.79 Å². The Hall–Kier alpha value is -2.82. The Balaban J connectivity index is 1.50. The summed E-state index contributed by atoms with van der Waals surface area (Å²) in [5.41, 5.74) is 1.33. The van der Waals surface area contributed by atoms with Gasteiger partial charge in [-0.3, -0.25) is 4.79 Å². The van der Waals surface area contributed by atoms with Crippen LogP contribution in [0, 0.1) is 0 Å². The van der Waals surface area contributed by atoms with Gasteiger partial charge in [-0.15, -0.1) is 0 Å². The molecule has 0 saturated carbocycles. The molecule has 0 bridgehead atoms. The molecule has 0 unspecified atom stereocenters. The Kier molecular flexibility index (Phi) is 7.06. The Morgan fingerprint density at radius 1 is 0.964 bits per heavy atom. The summed E-state index contributed by atoms with van der Waals surface area (Å²) in [6, 6.07) is 12.0. The maximum atomic E-state index is 12.4. The van der Waals surface area contributed by atoms with E-state index in [1.54, 1.807) is 42.5 Å². The van der Waals surface area contributed by atoms with E-state index < -0.39 is 5.97 Å². The number of carbonyl (C=O) groups is 2. The largest absolute Gasteiger partial charge is 0.494 e. The SMILES string of the molecule is CCCCCCCOc1ccc(C(=O)Oc2ccc3c(c2)CCC(=O)O3)cc1. The minimum Gasteiger partial charge on any atom is -0.494 e. The minimum atomic E-state index is -0.432. The number of esters is 2. The van der Waals surface area contributed by atoms with Crippen LogP contribution in [0.4, 0.5) is 0 Å². The zero-order valence-electron chi connectivity index (χ0n) is 16.2. The third-order valence-electron chi connectivity index (χ3n) is 4.67. The van der Waals surface area contributed by atoms with Crippen molar-refractivity contribution in [2.75, 3.05) is 6.61 Å². The van der Waals surface area contributed by atoms with Crippen LogP contribution in [0.15, 0.2) is 42.5 Å². The van der Waals surface area contributed by atoms with Gasteiger partial charge < -0.3 is 14.2 Å². The molecule has 148 valence electrons. The standard InChI is InChI=1S/C23H26O5/c1-2-3-4-5-6-15-26-19-10-7-17(8-11-19)23(25)27-20-12-13-21-18(16-20)9-14-22(24)28-21/h7-8,10-13,16H,2-6,9,14-15H2,1H3. The third-order valence-corrected chi connectivity index (χ3v) is 4.67. The van der Waals surface area contributed by atoms with Crippen molar-refractivity contribution in [2.24, 2.45) is 0 Å². The maximum Gasteiger partial charge on any atom is 0.343 e. The number of hydrogen-bond acceptors (Lipinski definition) is 5. The van der Waals surface area contributed by atoms with Crippen LogP contribution < -0.4 is 14.2 Å². The molecule has 28 heavy (non-hydrogen) atoms. The number of unbranched alkanes of at least 4 members (excludes halogenated alkanes) is 4. The molecule has 0 radical (unpaired) electrons. The first-order valence-electron chi connectivity index (χ1n) is 9.94. The Morgan fingerprint density at radius 2 is 1.71 bits per heavy atom. The molecule has 0 atom stereocenters. The lowest BCUT2D eigenvalue weighted by Gasteiger charge is -2.16. The van der Waals surface area contributed by atoms with E-state index in [2.05, 4.69) is 6.92 Å². The average Bonchev–Trinajstić information content (AvgIpc) is 2.71. The van der Waals surface area contributed by atoms with E-state index in [1.807, 2.05) is 0 Å². The van der Waals surface area contributed by atoms with Gasteiger partial charge in [0.15, 0.2) is 0 Å². The fourth-order valence-electron chi connectivity index (χ4n) is 3.07. The predicted molar refractivity (Wildman–Crippen MR) is 106 cm³/mol. The molecule has 0 saturated heterocycles. The first-order chi connectivity index (χ1) is 13.7. The van der Waals surface area contributed by atoms with Crippen molar-refractivity contribution in [2.45, 2.75) is 51.9 Å². The molecule has 3 rings (SSSR count). The zero-order chi connectivity index (χ0) is 19.8. The van der Waals surface area contributed by atoms with Gasteiger partial charge in [0.05, 0.1) is 18.6 Å². The number of ether oxygens (including phenoxy) is 3. The molecule has 0 amide bonds. The fraction of sp³-hybridized carbons (Fsp3) is 0.391. The monoisotopic (exact) mass is 382 g/mol. The highest BCUT2D eigenvalue weighted by Gasteiger charge is 2.18. The third kappa shape index (κ3) is 5.59. The lowest BCUT2D eigenvalue weighted by atomic mass is 10.1. The second kappa shape index (κ2) is 9.93. The lowest BCUT2D eigenvalue weighted by molar-refractivity contribution is -0.135. The van der Waals surface area contributed by atoms with Gasteiger partial charge in [0.1, 0.15) is 17.2 Å². The summed E-state index contributed by atoms with van der Waals surface area (Å²) in [5, 5.41) is 0. The fourth-order valence-corrected chi connectivity index (χ4v) is 3.07. The zero-order valence-corrected chi connectivity index (χ0v) is 16.2. The predicted octanol–water partition coefficient (Wildman–Crippen LogP) is 5.11. The Bertz CT molecular complexity index is 810. The number of rotatable bonds is 9. The summed E-state index contributed by atoms with van der Waals surface area (Å²) in [7, 11) is 0. The molecule has 0 fully saturated rings. The molecule has 0 aliphatic carbocycles. The molecule has 5 heteroatoms.